The van der Waals surface area contributed by atoms with Crippen molar-refractivity contribution in [3.05, 3.63) is 163 Å². The molecule has 6 rings (SSSR count). The largest absolute Gasteiger partial charge is 0.311 e. The number of hydrogen-bond acceptors (Lipinski definition) is 1. The number of anilines is 3. The van der Waals surface area contributed by atoms with Crippen LogP contribution in [0.5, 0.6) is 0 Å². The van der Waals surface area contributed by atoms with Gasteiger partial charge in [0.15, 0.2) is 0 Å². The van der Waals surface area contributed by atoms with Crippen LogP contribution in [0.25, 0.3) is 33.4 Å². The molecule has 0 radical (unpaired) electrons. The Morgan fingerprint density at radius 1 is 0.316 bits per heavy atom. The van der Waals surface area contributed by atoms with E-state index < -0.39 is 0 Å². The lowest BCUT2D eigenvalue weighted by Gasteiger charge is -2.25. The van der Waals surface area contributed by atoms with Crippen LogP contribution in [-0.4, -0.2) is 0 Å². The second kappa shape index (κ2) is 10.6. The Labute approximate surface area is 225 Å². The summed E-state index contributed by atoms with van der Waals surface area (Å²) in [5, 5.41) is 0. The van der Waals surface area contributed by atoms with E-state index in [-0.39, 0.29) is 0 Å². The summed E-state index contributed by atoms with van der Waals surface area (Å²) in [5.41, 5.74) is 12.0. The molecule has 6 aromatic carbocycles. The molecular formula is C37H29N. The summed E-state index contributed by atoms with van der Waals surface area (Å²) in [6, 6.07) is 56.2. The third-order valence-corrected chi connectivity index (χ3v) is 6.90. The molecule has 0 amide bonds. The number of para-hydroxylation sites is 2. The third-order valence-electron chi connectivity index (χ3n) is 6.90. The van der Waals surface area contributed by atoms with Crippen molar-refractivity contribution in [3.63, 3.8) is 0 Å². The predicted molar refractivity (Wildman–Crippen MR) is 162 cm³/mol. The van der Waals surface area contributed by atoms with Crippen LogP contribution in [0.4, 0.5) is 17.1 Å². The molecule has 0 heterocycles. The summed E-state index contributed by atoms with van der Waals surface area (Å²) in [7, 11) is 0. The molecule has 1 heteroatoms. The average molecular weight is 488 g/mol. The van der Waals surface area contributed by atoms with Gasteiger partial charge in [-0.05, 0) is 88.8 Å². The summed E-state index contributed by atoms with van der Waals surface area (Å²) in [5.74, 6) is 0. The van der Waals surface area contributed by atoms with Crippen LogP contribution >= 0.6 is 0 Å². The van der Waals surface area contributed by atoms with Crippen molar-refractivity contribution >= 4 is 17.1 Å². The van der Waals surface area contributed by atoms with E-state index in [1.807, 2.05) is 0 Å². The van der Waals surface area contributed by atoms with Crippen molar-refractivity contribution in [2.75, 3.05) is 4.90 Å². The highest BCUT2D eigenvalue weighted by atomic mass is 15.1. The number of rotatable bonds is 6. The zero-order chi connectivity index (χ0) is 25.7. The fourth-order valence-electron chi connectivity index (χ4n) is 4.99. The highest BCUT2D eigenvalue weighted by Crippen LogP contribution is 2.36. The molecule has 0 bridgehead atoms. The molecule has 0 saturated carbocycles. The Hall–Kier alpha value is -4.88. The van der Waals surface area contributed by atoms with Gasteiger partial charge in [-0.15, -0.1) is 0 Å². The fraction of sp³-hybridized carbons (Fsp3) is 0.0270. The third kappa shape index (κ3) is 5.00. The minimum atomic E-state index is 1.13. The van der Waals surface area contributed by atoms with Gasteiger partial charge in [-0.2, -0.15) is 0 Å². The van der Waals surface area contributed by atoms with Crippen LogP contribution in [0.2, 0.25) is 0 Å². The highest BCUT2D eigenvalue weighted by molar-refractivity contribution is 5.80. The van der Waals surface area contributed by atoms with E-state index in [0.717, 1.165) is 17.1 Å². The summed E-state index contributed by atoms with van der Waals surface area (Å²) in [4.78, 5) is 2.29. The molecule has 0 atom stereocenters. The molecule has 0 unspecified atom stereocenters. The Kier molecular flexibility index (Phi) is 6.57. The van der Waals surface area contributed by atoms with Crippen LogP contribution < -0.4 is 4.90 Å². The molecule has 0 aliphatic heterocycles. The van der Waals surface area contributed by atoms with Crippen molar-refractivity contribution in [1.82, 2.24) is 0 Å². The van der Waals surface area contributed by atoms with E-state index >= 15 is 0 Å². The molecule has 0 fully saturated rings. The molecule has 1 nitrogen and oxygen atoms in total. The molecule has 6 aromatic rings. The number of benzene rings is 6. The van der Waals surface area contributed by atoms with E-state index in [9.17, 15) is 0 Å². The van der Waals surface area contributed by atoms with E-state index in [1.165, 1.54) is 38.9 Å². The maximum atomic E-state index is 2.29. The van der Waals surface area contributed by atoms with Crippen molar-refractivity contribution in [2.24, 2.45) is 0 Å². The fourth-order valence-corrected chi connectivity index (χ4v) is 4.99. The van der Waals surface area contributed by atoms with Gasteiger partial charge in [0.25, 0.3) is 0 Å². The molecular weight excluding hydrogens is 458 g/mol. The van der Waals surface area contributed by atoms with Gasteiger partial charge in [-0.1, -0.05) is 115 Å². The Morgan fingerprint density at radius 3 is 1.18 bits per heavy atom. The van der Waals surface area contributed by atoms with Crippen LogP contribution in [0, 0.1) is 6.92 Å². The molecule has 0 aliphatic rings. The SMILES string of the molecule is Cc1cccc(-c2cccc(-c3cccc(-c4ccc(N(c5ccccc5)c5ccccc5)cc4)c3)c2)c1. The Morgan fingerprint density at radius 2 is 0.711 bits per heavy atom. The standard InChI is InChI=1S/C37H29N/c1-28-11-8-12-30(25-28)32-14-10-16-34(27-32)33-15-9-13-31(26-33)29-21-23-37(24-22-29)38(35-17-4-2-5-18-35)36-19-6-3-7-20-36/h2-27H,1H3. The number of hydrogen-bond donors (Lipinski definition) is 0. The van der Waals surface area contributed by atoms with Crippen LogP contribution in [-0.2, 0) is 0 Å². The van der Waals surface area contributed by atoms with Gasteiger partial charge in [0.2, 0.25) is 0 Å². The lowest BCUT2D eigenvalue weighted by Crippen LogP contribution is -2.09. The first-order valence-corrected chi connectivity index (χ1v) is 13.0. The predicted octanol–water partition coefficient (Wildman–Crippen LogP) is 10.5. The summed E-state index contributed by atoms with van der Waals surface area (Å²) in [6.45, 7) is 2.14. The van der Waals surface area contributed by atoms with Gasteiger partial charge >= 0.3 is 0 Å². The van der Waals surface area contributed by atoms with Gasteiger partial charge in [0.1, 0.15) is 0 Å². The van der Waals surface area contributed by atoms with Gasteiger partial charge in [-0.3, -0.25) is 0 Å². The van der Waals surface area contributed by atoms with Crippen molar-refractivity contribution < 1.29 is 0 Å². The maximum absolute atomic E-state index is 2.29. The van der Waals surface area contributed by atoms with Gasteiger partial charge in [0.05, 0.1) is 0 Å². The van der Waals surface area contributed by atoms with Gasteiger partial charge < -0.3 is 4.90 Å². The summed E-state index contributed by atoms with van der Waals surface area (Å²) >= 11 is 0. The maximum Gasteiger partial charge on any atom is 0.0462 e. The minimum Gasteiger partial charge on any atom is -0.311 e. The highest BCUT2D eigenvalue weighted by Gasteiger charge is 2.12. The lowest BCUT2D eigenvalue weighted by atomic mass is 9.96. The molecule has 0 N–H and O–H groups in total. The number of nitrogens with zero attached hydrogens (tertiary/aromatic N) is 1. The second-order valence-electron chi connectivity index (χ2n) is 9.58. The first-order chi connectivity index (χ1) is 18.7. The molecule has 0 spiro atoms. The van der Waals surface area contributed by atoms with Gasteiger partial charge in [0, 0.05) is 17.1 Å². The molecule has 0 aromatic heterocycles. The van der Waals surface area contributed by atoms with E-state index in [2.05, 4.69) is 170 Å². The first-order valence-electron chi connectivity index (χ1n) is 13.0. The van der Waals surface area contributed by atoms with E-state index in [4.69, 9.17) is 0 Å². The Bertz CT molecular complexity index is 1610. The topological polar surface area (TPSA) is 3.24 Å². The number of aryl methyl sites for hydroxylation is 1. The van der Waals surface area contributed by atoms with Gasteiger partial charge in [-0.25, -0.2) is 0 Å². The van der Waals surface area contributed by atoms with Crippen LogP contribution in [0.1, 0.15) is 5.56 Å². The monoisotopic (exact) mass is 487 g/mol. The minimum absolute atomic E-state index is 1.13. The zero-order valence-electron chi connectivity index (χ0n) is 21.5. The van der Waals surface area contributed by atoms with E-state index in [0.29, 0.717) is 0 Å². The average Bonchev–Trinajstić information content (AvgIpc) is 2.99. The molecule has 0 aliphatic carbocycles. The molecule has 38 heavy (non-hydrogen) atoms. The quantitative estimate of drug-likeness (QED) is 0.226. The van der Waals surface area contributed by atoms with Crippen molar-refractivity contribution in [1.29, 1.82) is 0 Å². The van der Waals surface area contributed by atoms with Crippen molar-refractivity contribution in [3.8, 4) is 33.4 Å². The van der Waals surface area contributed by atoms with Crippen LogP contribution in [0.15, 0.2) is 158 Å². The normalized spacial score (nSPS) is 10.8. The summed E-state index contributed by atoms with van der Waals surface area (Å²) in [6.07, 6.45) is 0. The first kappa shape index (κ1) is 23.5. The zero-order valence-corrected chi connectivity index (χ0v) is 21.5. The van der Waals surface area contributed by atoms with E-state index in [1.54, 1.807) is 0 Å². The van der Waals surface area contributed by atoms with Crippen molar-refractivity contribution in [2.45, 2.75) is 6.92 Å². The lowest BCUT2D eigenvalue weighted by molar-refractivity contribution is 1.28. The molecule has 182 valence electrons. The van der Waals surface area contributed by atoms with Crippen LogP contribution in [0.3, 0.4) is 0 Å². The molecule has 0 saturated heterocycles. The smallest absolute Gasteiger partial charge is 0.0462 e. The summed E-state index contributed by atoms with van der Waals surface area (Å²) < 4.78 is 0. The Balaban J connectivity index is 1.32. The second-order valence-corrected chi connectivity index (χ2v) is 9.58.